The first-order valence-electron chi connectivity index (χ1n) is 6.84. The standard InChI is InChI=1S/C15H17ClF2N2O2/c1-8(2)11-5-13-9(4-12(11)16)3-10(20-13)6-19-14(21)7-22-15(17)18/h3-5,8,15,20H,6-7H2,1-2H3,(H,19,21). The molecule has 0 aliphatic carbocycles. The van der Waals surface area contributed by atoms with Gasteiger partial charge in [-0.3, -0.25) is 4.79 Å². The molecule has 0 saturated heterocycles. The van der Waals surface area contributed by atoms with Gasteiger partial charge in [0.15, 0.2) is 0 Å². The SMILES string of the molecule is CC(C)c1cc2[nH]c(CNC(=O)COC(F)F)cc2cc1Cl. The first-order chi connectivity index (χ1) is 10.4. The van der Waals surface area contributed by atoms with E-state index in [4.69, 9.17) is 11.6 Å². The summed E-state index contributed by atoms with van der Waals surface area (Å²) < 4.78 is 27.6. The Balaban J connectivity index is 2.05. The lowest BCUT2D eigenvalue weighted by molar-refractivity contribution is -0.151. The van der Waals surface area contributed by atoms with Crippen molar-refractivity contribution in [2.75, 3.05) is 6.61 Å². The molecule has 1 heterocycles. The molecule has 120 valence electrons. The van der Waals surface area contributed by atoms with Crippen molar-refractivity contribution in [3.63, 3.8) is 0 Å². The number of alkyl halides is 2. The Morgan fingerprint density at radius 3 is 2.73 bits per heavy atom. The van der Waals surface area contributed by atoms with Gasteiger partial charge in [-0.1, -0.05) is 25.4 Å². The van der Waals surface area contributed by atoms with Gasteiger partial charge in [-0.15, -0.1) is 0 Å². The number of carbonyl (C=O) groups excluding carboxylic acids is 1. The Kier molecular flexibility index (Phi) is 5.37. The topological polar surface area (TPSA) is 54.1 Å². The molecule has 0 atom stereocenters. The minimum atomic E-state index is -2.95. The van der Waals surface area contributed by atoms with Crippen molar-refractivity contribution < 1.29 is 18.3 Å². The number of aromatic amines is 1. The summed E-state index contributed by atoms with van der Waals surface area (Å²) in [6.45, 7) is 0.700. The number of fused-ring (bicyclic) bond motifs is 1. The molecule has 0 spiro atoms. The molecular weight excluding hydrogens is 314 g/mol. The Labute approximate surface area is 131 Å². The van der Waals surface area contributed by atoms with E-state index in [1.54, 1.807) is 0 Å². The third kappa shape index (κ3) is 4.18. The fraction of sp³-hybridized carbons (Fsp3) is 0.400. The fourth-order valence-electron chi connectivity index (χ4n) is 2.15. The summed E-state index contributed by atoms with van der Waals surface area (Å²) in [5, 5.41) is 4.14. The normalized spacial score (nSPS) is 11.6. The van der Waals surface area contributed by atoms with Crippen molar-refractivity contribution in [2.24, 2.45) is 0 Å². The summed E-state index contributed by atoms with van der Waals surface area (Å²) in [6, 6.07) is 5.71. The molecule has 1 aromatic heterocycles. The van der Waals surface area contributed by atoms with Gasteiger partial charge in [-0.25, -0.2) is 0 Å². The highest BCUT2D eigenvalue weighted by atomic mass is 35.5. The number of amides is 1. The summed E-state index contributed by atoms with van der Waals surface area (Å²) in [6.07, 6.45) is 0. The molecule has 0 aliphatic heterocycles. The molecule has 0 bridgehead atoms. The van der Waals surface area contributed by atoms with Gasteiger partial charge in [0.1, 0.15) is 6.61 Å². The molecule has 22 heavy (non-hydrogen) atoms. The highest BCUT2D eigenvalue weighted by Gasteiger charge is 2.11. The van der Waals surface area contributed by atoms with Crippen molar-refractivity contribution in [3.8, 4) is 0 Å². The smallest absolute Gasteiger partial charge is 0.345 e. The molecule has 2 aromatic rings. The molecule has 1 amide bonds. The summed E-state index contributed by atoms with van der Waals surface area (Å²) in [5.74, 6) is -0.297. The number of hydrogen-bond acceptors (Lipinski definition) is 2. The average molecular weight is 331 g/mol. The van der Waals surface area contributed by atoms with E-state index in [-0.39, 0.29) is 6.54 Å². The second kappa shape index (κ2) is 7.07. The first-order valence-corrected chi connectivity index (χ1v) is 7.22. The largest absolute Gasteiger partial charge is 0.357 e. The van der Waals surface area contributed by atoms with Crippen LogP contribution >= 0.6 is 11.6 Å². The van der Waals surface area contributed by atoms with Gasteiger partial charge in [-0.2, -0.15) is 8.78 Å². The van der Waals surface area contributed by atoms with Crippen LogP contribution in [-0.2, 0) is 16.1 Å². The molecule has 0 unspecified atom stereocenters. The zero-order chi connectivity index (χ0) is 16.3. The number of rotatable bonds is 6. The van der Waals surface area contributed by atoms with Crippen LogP contribution in [0.15, 0.2) is 18.2 Å². The lowest BCUT2D eigenvalue weighted by Gasteiger charge is -2.07. The van der Waals surface area contributed by atoms with Crippen LogP contribution in [0.4, 0.5) is 8.78 Å². The lowest BCUT2D eigenvalue weighted by atomic mass is 10.0. The van der Waals surface area contributed by atoms with Crippen LogP contribution in [0.3, 0.4) is 0 Å². The minimum Gasteiger partial charge on any atom is -0.357 e. The van der Waals surface area contributed by atoms with E-state index in [1.165, 1.54) is 0 Å². The number of halogens is 3. The predicted molar refractivity (Wildman–Crippen MR) is 81.2 cm³/mol. The van der Waals surface area contributed by atoms with Crippen molar-refractivity contribution in [1.29, 1.82) is 0 Å². The number of carbonyl (C=O) groups is 1. The van der Waals surface area contributed by atoms with Crippen molar-refractivity contribution in [1.82, 2.24) is 10.3 Å². The average Bonchev–Trinajstić information content (AvgIpc) is 2.83. The van der Waals surface area contributed by atoms with E-state index in [9.17, 15) is 13.6 Å². The van der Waals surface area contributed by atoms with Crippen molar-refractivity contribution in [2.45, 2.75) is 32.9 Å². The van der Waals surface area contributed by atoms with Gasteiger partial charge >= 0.3 is 6.61 Å². The Bertz CT molecular complexity index is 671. The summed E-state index contributed by atoms with van der Waals surface area (Å²) in [7, 11) is 0. The van der Waals surface area contributed by atoms with Crippen LogP contribution in [0.5, 0.6) is 0 Å². The van der Waals surface area contributed by atoms with Crippen LogP contribution in [0, 0.1) is 0 Å². The number of H-pyrrole nitrogens is 1. The fourth-order valence-corrected chi connectivity index (χ4v) is 2.54. The van der Waals surface area contributed by atoms with Crippen LogP contribution in [0.1, 0.15) is 31.0 Å². The Morgan fingerprint density at radius 1 is 1.36 bits per heavy atom. The molecule has 2 rings (SSSR count). The number of nitrogens with one attached hydrogen (secondary N) is 2. The number of hydrogen-bond donors (Lipinski definition) is 2. The number of aromatic nitrogens is 1. The molecule has 0 radical (unpaired) electrons. The van der Waals surface area contributed by atoms with E-state index in [0.29, 0.717) is 10.9 Å². The maximum Gasteiger partial charge on any atom is 0.345 e. The van der Waals surface area contributed by atoms with Gasteiger partial charge in [0.25, 0.3) is 0 Å². The van der Waals surface area contributed by atoms with Crippen molar-refractivity contribution >= 4 is 28.4 Å². The molecule has 7 heteroatoms. The molecule has 2 N–H and O–H groups in total. The summed E-state index contributed by atoms with van der Waals surface area (Å²) in [5.41, 5.74) is 2.72. The van der Waals surface area contributed by atoms with Crippen molar-refractivity contribution in [3.05, 3.63) is 34.5 Å². The maximum absolute atomic E-state index is 11.8. The van der Waals surface area contributed by atoms with Crippen LogP contribution in [0.2, 0.25) is 5.02 Å². The van der Waals surface area contributed by atoms with Gasteiger partial charge in [-0.05, 0) is 29.7 Å². The predicted octanol–water partition coefficient (Wildman–Crippen LogP) is 3.80. The van der Waals surface area contributed by atoms with Gasteiger partial charge in [0.05, 0.1) is 6.54 Å². The maximum atomic E-state index is 11.8. The summed E-state index contributed by atoms with van der Waals surface area (Å²) >= 11 is 6.23. The Morgan fingerprint density at radius 2 is 2.09 bits per heavy atom. The lowest BCUT2D eigenvalue weighted by Crippen LogP contribution is -2.28. The molecule has 0 aliphatic rings. The van der Waals surface area contributed by atoms with E-state index in [2.05, 4.69) is 28.9 Å². The van der Waals surface area contributed by atoms with Crippen LogP contribution in [-0.4, -0.2) is 24.1 Å². The molecule has 4 nitrogen and oxygen atoms in total. The van der Waals surface area contributed by atoms with E-state index in [0.717, 1.165) is 22.2 Å². The third-order valence-electron chi connectivity index (χ3n) is 3.23. The molecular formula is C15H17ClF2N2O2. The van der Waals surface area contributed by atoms with Gasteiger partial charge in [0, 0.05) is 21.6 Å². The van der Waals surface area contributed by atoms with E-state index >= 15 is 0 Å². The van der Waals surface area contributed by atoms with Crippen LogP contribution < -0.4 is 5.32 Å². The monoisotopic (exact) mass is 330 g/mol. The van der Waals surface area contributed by atoms with E-state index < -0.39 is 19.1 Å². The second-order valence-electron chi connectivity index (χ2n) is 5.26. The quantitative estimate of drug-likeness (QED) is 0.846. The molecule has 0 fully saturated rings. The Hall–Kier alpha value is -1.66. The highest BCUT2D eigenvalue weighted by Crippen LogP contribution is 2.29. The minimum absolute atomic E-state index is 0.203. The third-order valence-corrected chi connectivity index (χ3v) is 3.56. The zero-order valence-electron chi connectivity index (χ0n) is 12.3. The second-order valence-corrected chi connectivity index (χ2v) is 5.67. The van der Waals surface area contributed by atoms with Gasteiger partial charge in [0.2, 0.25) is 5.91 Å². The van der Waals surface area contributed by atoms with E-state index in [1.807, 2.05) is 18.2 Å². The number of benzene rings is 1. The first kappa shape index (κ1) is 16.7. The van der Waals surface area contributed by atoms with Crippen LogP contribution in [0.25, 0.3) is 10.9 Å². The number of ether oxygens (including phenoxy) is 1. The molecule has 1 aromatic carbocycles. The van der Waals surface area contributed by atoms with Gasteiger partial charge < -0.3 is 15.0 Å². The highest BCUT2D eigenvalue weighted by molar-refractivity contribution is 6.32. The molecule has 0 saturated carbocycles. The summed E-state index contributed by atoms with van der Waals surface area (Å²) in [4.78, 5) is 14.5. The zero-order valence-corrected chi connectivity index (χ0v) is 13.0.